The van der Waals surface area contributed by atoms with Gasteiger partial charge in [0.1, 0.15) is 17.1 Å². The summed E-state index contributed by atoms with van der Waals surface area (Å²) in [6.07, 6.45) is -4.75. The Balaban J connectivity index is 0.000000406. The van der Waals surface area contributed by atoms with E-state index < -0.39 is 52.4 Å². The zero-order chi connectivity index (χ0) is 41.7. The van der Waals surface area contributed by atoms with Crippen LogP contribution in [0.5, 0.6) is 5.75 Å². The van der Waals surface area contributed by atoms with Gasteiger partial charge in [0.25, 0.3) is 5.69 Å². The lowest BCUT2D eigenvalue weighted by Gasteiger charge is -2.14. The van der Waals surface area contributed by atoms with Crippen molar-refractivity contribution in [1.82, 2.24) is 0 Å². The van der Waals surface area contributed by atoms with Crippen molar-refractivity contribution in [2.24, 2.45) is 49.4 Å². The van der Waals surface area contributed by atoms with Crippen LogP contribution in [0, 0.1) is 24.0 Å². The molecule has 3 aromatic rings. The van der Waals surface area contributed by atoms with Crippen molar-refractivity contribution in [2.75, 3.05) is 23.1 Å². The summed E-state index contributed by atoms with van der Waals surface area (Å²) in [5.74, 6) is -0.951. The summed E-state index contributed by atoms with van der Waals surface area (Å²) in [5.41, 5.74) is 29.5. The maximum absolute atomic E-state index is 12.8. The van der Waals surface area contributed by atoms with Gasteiger partial charge >= 0.3 is 24.3 Å². The molecule has 0 atom stereocenters. The molecule has 54 heavy (non-hydrogen) atoms. The molecule has 0 aromatic heterocycles. The Kier molecular flexibility index (Phi) is 17.3. The fourth-order valence-electron chi connectivity index (χ4n) is 3.66. The number of nitro benzene ring substituents is 1. The Morgan fingerprint density at radius 2 is 1.07 bits per heavy atom. The van der Waals surface area contributed by atoms with Crippen LogP contribution in [0.2, 0.25) is 20.1 Å². The number of hydrogen-bond acceptors (Lipinski definition) is 6. The highest BCUT2D eigenvalue weighted by atomic mass is 35.5. The number of nitrogens with one attached hydrogen (secondary N) is 3. The lowest BCUT2D eigenvalue weighted by atomic mass is 10.1. The van der Waals surface area contributed by atoms with Gasteiger partial charge in [-0.15, -0.1) is 0 Å². The number of anilines is 3. The molecule has 0 aliphatic heterocycles. The second kappa shape index (κ2) is 20.3. The van der Waals surface area contributed by atoms with Crippen LogP contribution < -0.4 is 55.1 Å². The number of halogens is 7. The Morgan fingerprint density at radius 1 is 0.685 bits per heavy atom. The third kappa shape index (κ3) is 15.3. The van der Waals surface area contributed by atoms with E-state index in [1.807, 2.05) is 12.2 Å². The number of hydrogen-bond donors (Lipinski definition) is 9. The minimum Gasteiger partial charge on any atom is -0.495 e. The van der Waals surface area contributed by atoms with Crippen molar-refractivity contribution in [3.8, 4) is 5.75 Å². The first-order valence-corrected chi connectivity index (χ1v) is 15.4. The highest BCUT2D eigenvalue weighted by Crippen LogP contribution is 2.41. The fraction of sp³-hybridized carbons (Fsp3) is 0.143. The SMILES string of the molecule is COc1cc(C)cc(Cl)c1NC(=O)N=C(N)N.Cc1cc(Cl)c(NC(=O)N=C(N)N)c([N+](=O)[O-])c1.NC(N)=NC(=O)Nc1c(Cl)cc(Cl)cc1C(F)(F)F. The van der Waals surface area contributed by atoms with Gasteiger partial charge in [-0.1, -0.05) is 46.4 Å². The fourth-order valence-corrected chi connectivity index (χ4v) is 4.83. The van der Waals surface area contributed by atoms with Gasteiger partial charge in [0.15, 0.2) is 17.9 Å². The first kappa shape index (κ1) is 46.1. The number of methoxy groups -OCH3 is 1. The maximum atomic E-state index is 12.8. The minimum atomic E-state index is -4.75. The smallest absolute Gasteiger partial charge is 0.418 e. The lowest BCUT2D eigenvalue weighted by Crippen LogP contribution is -2.26. The van der Waals surface area contributed by atoms with E-state index in [2.05, 4.69) is 25.6 Å². The average Bonchev–Trinajstić information content (AvgIpc) is 2.99. The first-order chi connectivity index (χ1) is 24.9. The van der Waals surface area contributed by atoms with Crippen molar-refractivity contribution in [3.63, 3.8) is 0 Å². The lowest BCUT2D eigenvalue weighted by molar-refractivity contribution is -0.383. The third-order valence-corrected chi connectivity index (χ3v) is 6.69. The molecular weight excluding hydrogens is 813 g/mol. The van der Waals surface area contributed by atoms with Crippen LogP contribution in [0.15, 0.2) is 51.4 Å². The van der Waals surface area contributed by atoms with Crippen molar-refractivity contribution < 1.29 is 37.2 Å². The summed E-state index contributed by atoms with van der Waals surface area (Å²) < 4.78 is 43.4. The highest BCUT2D eigenvalue weighted by Gasteiger charge is 2.35. The topological polar surface area (TPSA) is 333 Å². The predicted octanol–water partition coefficient (Wildman–Crippen LogP) is 5.64. The maximum Gasteiger partial charge on any atom is 0.418 e. The zero-order valence-electron chi connectivity index (χ0n) is 27.8. The van der Waals surface area contributed by atoms with Crippen LogP contribution in [0.25, 0.3) is 0 Å². The molecule has 3 rings (SSSR count). The molecule has 0 fully saturated rings. The molecular formula is C28H30Cl4F3N13O6. The van der Waals surface area contributed by atoms with Crippen LogP contribution in [0.1, 0.15) is 16.7 Å². The standard InChI is InChI=1S/C10H13ClN4O2.C9H7Cl2F3N4O.C9H10ClN5O3/c1-5-3-6(11)8(7(4-5)17-2)14-10(16)15-9(12)13;10-3-1-4(9(12,13)14)6(5(11)2-3)17-8(19)18-7(15)16;1-4-2-5(10)7(6(3-4)15(17)18)13-9(16)14-8(11)12/h3-4H,1-2H3,(H5,12,13,14,15,16);1-2H,(H5,15,16,17,18,19);2-3H,1H3,(H5,11,12,13,14,16). The summed E-state index contributed by atoms with van der Waals surface area (Å²) in [7, 11) is 1.47. The van der Waals surface area contributed by atoms with E-state index in [1.54, 1.807) is 19.1 Å². The van der Waals surface area contributed by atoms with E-state index >= 15 is 0 Å². The second-order valence-corrected chi connectivity index (χ2v) is 11.6. The van der Waals surface area contributed by atoms with E-state index in [0.717, 1.165) is 11.6 Å². The number of ether oxygens (including phenoxy) is 1. The van der Waals surface area contributed by atoms with Gasteiger partial charge in [-0.3, -0.25) is 15.4 Å². The predicted molar refractivity (Wildman–Crippen MR) is 202 cm³/mol. The van der Waals surface area contributed by atoms with Crippen LogP contribution >= 0.6 is 46.4 Å². The second-order valence-electron chi connectivity index (χ2n) is 9.93. The summed E-state index contributed by atoms with van der Waals surface area (Å²) in [4.78, 5) is 53.6. The summed E-state index contributed by atoms with van der Waals surface area (Å²) in [6, 6.07) is 5.00. The number of aliphatic imine (C=N–C) groups is 3. The molecule has 0 saturated carbocycles. The molecule has 3 aromatic carbocycles. The quantitative estimate of drug-likeness (QED) is 0.0652. The van der Waals surface area contributed by atoms with Gasteiger partial charge in [0, 0.05) is 11.1 Å². The molecule has 26 heteroatoms. The van der Waals surface area contributed by atoms with Crippen molar-refractivity contribution in [2.45, 2.75) is 20.0 Å². The average molecular weight is 843 g/mol. The molecule has 6 amide bonds. The molecule has 0 heterocycles. The minimum absolute atomic E-state index is 0.0286. The number of benzene rings is 3. The Morgan fingerprint density at radius 3 is 1.48 bits per heavy atom. The molecule has 0 aliphatic rings. The highest BCUT2D eigenvalue weighted by molar-refractivity contribution is 6.37. The third-order valence-electron chi connectivity index (χ3n) is 5.58. The number of carbonyl (C=O) groups excluding carboxylic acids is 3. The number of nitro groups is 1. The zero-order valence-corrected chi connectivity index (χ0v) is 30.8. The van der Waals surface area contributed by atoms with E-state index in [0.29, 0.717) is 28.1 Å². The van der Waals surface area contributed by atoms with Crippen LogP contribution in [-0.2, 0) is 6.18 Å². The van der Waals surface area contributed by atoms with Gasteiger partial charge in [-0.05, 0) is 55.3 Å². The molecule has 19 nitrogen and oxygen atoms in total. The number of alkyl halides is 3. The van der Waals surface area contributed by atoms with Crippen LogP contribution in [0.3, 0.4) is 0 Å². The summed E-state index contributed by atoms with van der Waals surface area (Å²) in [6.45, 7) is 3.50. The number of nitrogens with zero attached hydrogens (tertiary/aromatic N) is 4. The normalized spacial score (nSPS) is 10.1. The molecule has 0 bridgehead atoms. The number of rotatable bonds is 5. The largest absolute Gasteiger partial charge is 0.495 e. The number of guanidine groups is 3. The first-order valence-electron chi connectivity index (χ1n) is 13.9. The number of aryl methyl sites for hydroxylation is 2. The van der Waals surface area contributed by atoms with Crippen molar-refractivity contribution >= 4 is 105 Å². The van der Waals surface area contributed by atoms with E-state index in [-0.39, 0.29) is 32.4 Å². The number of amides is 6. The van der Waals surface area contributed by atoms with E-state index in [4.69, 9.17) is 85.5 Å². The molecule has 0 unspecified atom stereocenters. The summed E-state index contributed by atoms with van der Waals surface area (Å²) in [5, 5.41) is 17.1. The molecule has 0 saturated heterocycles. The summed E-state index contributed by atoms with van der Waals surface area (Å²) >= 11 is 22.9. The number of nitrogens with two attached hydrogens (primary N) is 6. The van der Waals surface area contributed by atoms with Crippen molar-refractivity contribution in [3.05, 3.63) is 83.3 Å². The Hall–Kier alpha value is -5.97. The monoisotopic (exact) mass is 841 g/mol. The molecule has 15 N–H and O–H groups in total. The van der Waals surface area contributed by atoms with Crippen LogP contribution in [-0.4, -0.2) is 48.0 Å². The van der Waals surface area contributed by atoms with Gasteiger partial charge < -0.3 is 49.8 Å². The number of urea groups is 3. The van der Waals surface area contributed by atoms with Gasteiger partial charge in [0.05, 0.1) is 38.4 Å². The Labute approximate surface area is 323 Å². The van der Waals surface area contributed by atoms with Gasteiger partial charge in [0.2, 0.25) is 0 Å². The number of carbonyl (C=O) groups is 3. The van der Waals surface area contributed by atoms with Crippen LogP contribution in [0.4, 0.5) is 50.3 Å². The molecule has 0 radical (unpaired) electrons. The van der Waals surface area contributed by atoms with E-state index in [1.165, 1.54) is 19.2 Å². The van der Waals surface area contributed by atoms with Gasteiger partial charge in [-0.2, -0.15) is 28.1 Å². The van der Waals surface area contributed by atoms with E-state index in [9.17, 15) is 37.7 Å². The van der Waals surface area contributed by atoms with Gasteiger partial charge in [-0.25, -0.2) is 14.4 Å². The van der Waals surface area contributed by atoms with Crippen molar-refractivity contribution in [1.29, 1.82) is 0 Å². The Bertz CT molecular complexity index is 2000. The molecule has 0 aliphatic carbocycles. The molecule has 0 spiro atoms. The molecule has 292 valence electrons.